The molecule has 0 saturated carbocycles. The Bertz CT molecular complexity index is 769. The largest absolute Gasteiger partial charge is 0.530 e. The first-order valence-electron chi connectivity index (χ1n) is 6.42. The number of carbonyl (C=O) groups is 2. The van der Waals surface area contributed by atoms with Gasteiger partial charge in [0.2, 0.25) is 5.96 Å². The highest BCUT2D eigenvalue weighted by Crippen LogP contribution is 2.12. The average Bonchev–Trinajstić information content (AvgIpc) is 3.06. The van der Waals surface area contributed by atoms with E-state index < -0.39 is 23.1 Å². The summed E-state index contributed by atoms with van der Waals surface area (Å²) in [6.07, 6.45) is -0.0346. The van der Waals surface area contributed by atoms with Crippen LogP contribution in [0.3, 0.4) is 0 Å². The fourth-order valence-electron chi connectivity index (χ4n) is 1.60. The van der Waals surface area contributed by atoms with Crippen molar-refractivity contribution < 1.29 is 24.4 Å². The van der Waals surface area contributed by atoms with E-state index in [1.165, 1.54) is 42.7 Å². The van der Waals surface area contributed by atoms with Gasteiger partial charge in [0.1, 0.15) is 12.7 Å². The third-order valence-corrected chi connectivity index (χ3v) is 2.64. The Labute approximate surface area is 134 Å². The van der Waals surface area contributed by atoms with Gasteiger partial charge in [-0.2, -0.15) is 5.10 Å². The van der Waals surface area contributed by atoms with Gasteiger partial charge in [-0.25, -0.2) is 9.48 Å². The number of nitrogens with one attached hydrogen (secondary N) is 1. The van der Waals surface area contributed by atoms with Crippen LogP contribution < -0.4 is 10.4 Å². The molecule has 24 heavy (non-hydrogen) atoms. The number of aliphatic imine (C=N–C) groups is 1. The van der Waals surface area contributed by atoms with Gasteiger partial charge in [-0.1, -0.05) is 0 Å². The lowest BCUT2D eigenvalue weighted by molar-refractivity contribution is -0.384. The lowest BCUT2D eigenvalue weighted by atomic mass is 10.2. The van der Waals surface area contributed by atoms with Crippen LogP contribution in [0, 0.1) is 10.1 Å². The number of carboxylic acid groups (broad SMARTS) is 1. The van der Waals surface area contributed by atoms with E-state index in [1.807, 2.05) is 5.32 Å². The van der Waals surface area contributed by atoms with E-state index in [0.717, 1.165) is 4.68 Å². The highest BCUT2D eigenvalue weighted by molar-refractivity contribution is 5.98. The molecule has 0 unspecified atom stereocenters. The third-order valence-electron chi connectivity index (χ3n) is 2.64. The van der Waals surface area contributed by atoms with Gasteiger partial charge in [-0.05, 0) is 23.8 Å². The van der Waals surface area contributed by atoms with Crippen molar-refractivity contribution in [1.29, 1.82) is 0 Å². The van der Waals surface area contributed by atoms with Crippen molar-refractivity contribution in [3.05, 3.63) is 58.4 Å². The number of carbonyl (C=O) groups excluding carboxylic acids is 2. The minimum Gasteiger partial charge on any atom is -0.530 e. The second-order valence-electron chi connectivity index (χ2n) is 4.28. The number of hydrogen-bond acceptors (Lipinski definition) is 7. The fourth-order valence-corrected chi connectivity index (χ4v) is 1.60. The SMILES string of the molecule is O=C([O-])N/C(=N/C(=O)OCc1ccc([N+](=O)[O-])cc1)n1cccn1. The van der Waals surface area contributed by atoms with Crippen molar-refractivity contribution in [2.75, 3.05) is 0 Å². The molecule has 0 bridgehead atoms. The number of nitrogens with zero attached hydrogens (tertiary/aromatic N) is 4. The second kappa shape index (κ2) is 7.49. The minimum absolute atomic E-state index is 0.0952. The maximum atomic E-state index is 11.7. The standard InChI is InChI=1S/C13H11N5O6/c19-12(20)15-11(17-7-1-6-14-17)16-13(21)24-8-9-2-4-10(5-3-9)18(22)23/h1-7H,8H2,(H,19,20)(H,15,16,21)/p-1. The Hall–Kier alpha value is -3.76. The number of amides is 2. The van der Waals surface area contributed by atoms with Crippen LogP contribution in [0.1, 0.15) is 5.56 Å². The summed E-state index contributed by atoms with van der Waals surface area (Å²) in [5.41, 5.74) is 0.403. The minimum atomic E-state index is -1.67. The third kappa shape index (κ3) is 4.62. The number of rotatable bonds is 3. The first-order valence-corrected chi connectivity index (χ1v) is 6.42. The molecule has 2 amide bonds. The number of aromatic nitrogens is 2. The van der Waals surface area contributed by atoms with Gasteiger partial charge in [-0.15, -0.1) is 4.99 Å². The summed E-state index contributed by atoms with van der Waals surface area (Å²) in [6, 6.07) is 6.86. The van der Waals surface area contributed by atoms with E-state index in [0.29, 0.717) is 5.56 Å². The lowest BCUT2D eigenvalue weighted by Crippen LogP contribution is -2.44. The Kier molecular flexibility index (Phi) is 5.18. The van der Waals surface area contributed by atoms with Crippen molar-refractivity contribution in [3.63, 3.8) is 0 Å². The van der Waals surface area contributed by atoms with Crippen LogP contribution in [0.4, 0.5) is 15.3 Å². The topological polar surface area (TPSA) is 152 Å². The smallest absolute Gasteiger partial charge is 0.437 e. The lowest BCUT2D eigenvalue weighted by Gasteiger charge is -2.09. The zero-order valence-electron chi connectivity index (χ0n) is 12.0. The van der Waals surface area contributed by atoms with Crippen LogP contribution in [0.15, 0.2) is 47.7 Å². The van der Waals surface area contributed by atoms with Crippen LogP contribution >= 0.6 is 0 Å². The molecular formula is C13H10N5O6-. The molecule has 11 heteroatoms. The molecule has 0 radical (unpaired) electrons. The van der Waals surface area contributed by atoms with Crippen LogP contribution in [0.25, 0.3) is 0 Å². The normalized spacial score (nSPS) is 10.9. The van der Waals surface area contributed by atoms with Gasteiger partial charge in [0, 0.05) is 24.5 Å². The maximum Gasteiger partial charge on any atom is 0.437 e. The van der Waals surface area contributed by atoms with E-state index in [1.54, 1.807) is 0 Å². The Morgan fingerprint density at radius 3 is 2.58 bits per heavy atom. The van der Waals surface area contributed by atoms with E-state index in [9.17, 15) is 24.8 Å². The number of ether oxygens (including phenoxy) is 1. The molecule has 0 aliphatic heterocycles. The Balaban J connectivity index is 2.02. The molecule has 0 spiro atoms. The molecule has 1 N–H and O–H groups in total. The molecule has 1 aromatic carbocycles. The molecule has 0 fully saturated rings. The first kappa shape index (κ1) is 16.6. The van der Waals surface area contributed by atoms with Crippen molar-refractivity contribution in [2.24, 2.45) is 4.99 Å². The molecular weight excluding hydrogens is 322 g/mol. The number of hydrogen-bond donors (Lipinski definition) is 1. The number of benzene rings is 1. The predicted octanol–water partition coefficient (Wildman–Crippen LogP) is 0.265. The molecule has 2 rings (SSSR count). The van der Waals surface area contributed by atoms with Gasteiger partial charge >= 0.3 is 6.09 Å². The summed E-state index contributed by atoms with van der Waals surface area (Å²) in [5.74, 6) is -0.409. The Morgan fingerprint density at radius 2 is 2.04 bits per heavy atom. The summed E-state index contributed by atoms with van der Waals surface area (Å²) >= 11 is 0. The first-order chi connectivity index (χ1) is 11.5. The number of nitro benzene ring substituents is 1. The van der Waals surface area contributed by atoms with E-state index >= 15 is 0 Å². The molecule has 1 aromatic heterocycles. The molecule has 2 aromatic rings. The summed E-state index contributed by atoms with van der Waals surface area (Å²) in [6.45, 7) is -0.196. The molecule has 124 valence electrons. The van der Waals surface area contributed by atoms with Crippen LogP contribution in [0.2, 0.25) is 0 Å². The number of nitro groups is 1. The van der Waals surface area contributed by atoms with Crippen LogP contribution in [-0.4, -0.2) is 32.8 Å². The molecule has 11 nitrogen and oxygen atoms in total. The van der Waals surface area contributed by atoms with Crippen molar-refractivity contribution in [1.82, 2.24) is 15.1 Å². The average molecular weight is 332 g/mol. The van der Waals surface area contributed by atoms with Gasteiger partial charge in [0.15, 0.2) is 0 Å². The monoisotopic (exact) mass is 332 g/mol. The summed E-state index contributed by atoms with van der Waals surface area (Å²) < 4.78 is 5.85. The maximum absolute atomic E-state index is 11.7. The zero-order valence-corrected chi connectivity index (χ0v) is 12.0. The fraction of sp³-hybridized carbons (Fsp3) is 0.0769. The predicted molar refractivity (Wildman–Crippen MR) is 76.9 cm³/mol. The highest BCUT2D eigenvalue weighted by atomic mass is 16.6. The summed E-state index contributed by atoms with van der Waals surface area (Å²) in [5, 5.41) is 26.7. The number of non-ortho nitro benzene ring substituents is 1. The van der Waals surface area contributed by atoms with Gasteiger partial charge in [0.25, 0.3) is 5.69 Å². The van der Waals surface area contributed by atoms with E-state index in [2.05, 4.69) is 10.1 Å². The van der Waals surface area contributed by atoms with Crippen molar-refractivity contribution in [2.45, 2.75) is 6.61 Å². The zero-order chi connectivity index (χ0) is 17.5. The van der Waals surface area contributed by atoms with Gasteiger partial charge in [-0.3, -0.25) is 10.1 Å². The highest BCUT2D eigenvalue weighted by Gasteiger charge is 2.09. The van der Waals surface area contributed by atoms with Crippen molar-refractivity contribution in [3.8, 4) is 0 Å². The van der Waals surface area contributed by atoms with Crippen LogP contribution in [-0.2, 0) is 11.3 Å². The molecule has 0 aliphatic rings. The van der Waals surface area contributed by atoms with Gasteiger partial charge in [0.05, 0.1) is 4.92 Å². The quantitative estimate of drug-likeness (QED) is 0.366. The van der Waals surface area contributed by atoms with E-state index in [4.69, 9.17) is 4.74 Å². The molecule has 0 aliphatic carbocycles. The molecule has 0 atom stereocenters. The second-order valence-corrected chi connectivity index (χ2v) is 4.28. The van der Waals surface area contributed by atoms with Gasteiger partial charge < -0.3 is 20.0 Å². The van der Waals surface area contributed by atoms with Crippen LogP contribution in [0.5, 0.6) is 0 Å². The van der Waals surface area contributed by atoms with Crippen molar-refractivity contribution >= 4 is 23.8 Å². The molecule has 0 saturated heterocycles. The summed E-state index contributed by atoms with van der Waals surface area (Å²) in [7, 11) is 0. The molecule has 1 heterocycles. The van der Waals surface area contributed by atoms with E-state index in [-0.39, 0.29) is 12.3 Å². The Morgan fingerprint density at radius 1 is 1.33 bits per heavy atom. The summed E-state index contributed by atoms with van der Waals surface area (Å²) in [4.78, 5) is 35.7.